The Hall–Kier alpha value is -1.06. The maximum Gasteiger partial charge on any atom is 0.325 e. The molecule has 0 aliphatic heterocycles. The van der Waals surface area contributed by atoms with Crippen LogP contribution in [0.5, 0.6) is 0 Å². The quantitative estimate of drug-likeness (QED) is 0.354. The molecule has 22 heavy (non-hydrogen) atoms. The fourth-order valence-electron chi connectivity index (χ4n) is 2.29. The molecular formula is C18H35NO3. The summed E-state index contributed by atoms with van der Waals surface area (Å²) in [6.45, 7) is 4.87. The third-order valence-corrected chi connectivity index (χ3v) is 3.80. The minimum Gasteiger partial charge on any atom is -0.464 e. The Morgan fingerprint density at radius 1 is 0.818 bits per heavy atom. The monoisotopic (exact) mass is 313 g/mol. The molecule has 0 fully saturated rings. The van der Waals surface area contributed by atoms with E-state index in [-0.39, 0.29) is 18.4 Å². The maximum atomic E-state index is 11.8. The second-order valence-corrected chi connectivity index (χ2v) is 6.05. The standard InChI is InChI=1S/C18H35NO3/c1-4-6-8-9-10-11-13-15-22-18(21)16-19(3)17(20)14-12-7-5-2/h4-16H2,1-3H3. The lowest BCUT2D eigenvalue weighted by Crippen LogP contribution is -2.33. The van der Waals surface area contributed by atoms with Crippen LogP contribution in [0, 0.1) is 0 Å². The van der Waals surface area contributed by atoms with E-state index >= 15 is 0 Å². The van der Waals surface area contributed by atoms with Crippen molar-refractivity contribution in [1.29, 1.82) is 0 Å². The molecule has 4 heteroatoms. The molecule has 0 spiro atoms. The average molecular weight is 313 g/mol. The van der Waals surface area contributed by atoms with Gasteiger partial charge in [0.25, 0.3) is 0 Å². The summed E-state index contributed by atoms with van der Waals surface area (Å²) in [5.74, 6) is -0.265. The summed E-state index contributed by atoms with van der Waals surface area (Å²) in [4.78, 5) is 24.9. The second-order valence-electron chi connectivity index (χ2n) is 6.05. The number of carbonyl (C=O) groups excluding carboxylic acids is 2. The van der Waals surface area contributed by atoms with Gasteiger partial charge in [0.2, 0.25) is 5.91 Å². The fraction of sp³-hybridized carbons (Fsp3) is 0.889. The van der Waals surface area contributed by atoms with Crippen molar-refractivity contribution in [2.45, 2.75) is 84.5 Å². The predicted octanol–water partition coefficient (Wildman–Crippen LogP) is 4.32. The van der Waals surface area contributed by atoms with Crippen LogP contribution in [0.2, 0.25) is 0 Å². The molecule has 0 unspecified atom stereocenters. The van der Waals surface area contributed by atoms with Gasteiger partial charge >= 0.3 is 5.97 Å². The van der Waals surface area contributed by atoms with Gasteiger partial charge in [0.15, 0.2) is 0 Å². The Bertz CT molecular complexity index is 292. The van der Waals surface area contributed by atoms with E-state index in [2.05, 4.69) is 13.8 Å². The van der Waals surface area contributed by atoms with Crippen LogP contribution >= 0.6 is 0 Å². The van der Waals surface area contributed by atoms with Gasteiger partial charge in [0.1, 0.15) is 6.54 Å². The normalized spacial score (nSPS) is 10.5. The summed E-state index contributed by atoms with van der Waals surface area (Å²) in [6, 6.07) is 0. The van der Waals surface area contributed by atoms with Crippen molar-refractivity contribution in [3.05, 3.63) is 0 Å². The molecule has 0 heterocycles. The molecule has 0 atom stereocenters. The van der Waals surface area contributed by atoms with E-state index in [1.165, 1.54) is 37.0 Å². The number of nitrogens with zero attached hydrogens (tertiary/aromatic N) is 1. The van der Waals surface area contributed by atoms with Crippen molar-refractivity contribution in [2.75, 3.05) is 20.2 Å². The second kappa shape index (κ2) is 14.9. The van der Waals surface area contributed by atoms with Gasteiger partial charge in [-0.1, -0.05) is 65.2 Å². The first-order valence-corrected chi connectivity index (χ1v) is 9.01. The Labute approximate surface area is 136 Å². The minimum atomic E-state index is -0.294. The van der Waals surface area contributed by atoms with Crippen LogP contribution in [-0.4, -0.2) is 37.0 Å². The average Bonchev–Trinajstić information content (AvgIpc) is 2.50. The molecule has 130 valence electrons. The molecule has 0 saturated heterocycles. The van der Waals surface area contributed by atoms with Crippen LogP contribution in [0.3, 0.4) is 0 Å². The van der Waals surface area contributed by atoms with Crippen LogP contribution in [0.4, 0.5) is 0 Å². The summed E-state index contributed by atoms with van der Waals surface area (Å²) in [6.07, 6.45) is 12.0. The van der Waals surface area contributed by atoms with E-state index in [1.807, 2.05) is 0 Å². The van der Waals surface area contributed by atoms with Crippen molar-refractivity contribution in [3.63, 3.8) is 0 Å². The first kappa shape index (κ1) is 20.9. The third kappa shape index (κ3) is 12.7. The molecule has 0 saturated carbocycles. The molecule has 0 aromatic rings. The highest BCUT2D eigenvalue weighted by atomic mass is 16.5. The van der Waals surface area contributed by atoms with E-state index in [9.17, 15) is 9.59 Å². The lowest BCUT2D eigenvalue weighted by atomic mass is 10.1. The molecule has 0 aromatic heterocycles. The first-order chi connectivity index (χ1) is 10.6. The molecule has 0 aliphatic carbocycles. The highest BCUT2D eigenvalue weighted by molar-refractivity contribution is 5.81. The SMILES string of the molecule is CCCCCCCCCOC(=O)CN(C)C(=O)CCCCC. The zero-order chi connectivity index (χ0) is 16.6. The molecule has 0 radical (unpaired) electrons. The summed E-state index contributed by atoms with van der Waals surface area (Å²) in [5.41, 5.74) is 0. The van der Waals surface area contributed by atoms with Crippen molar-refractivity contribution < 1.29 is 14.3 Å². The third-order valence-electron chi connectivity index (χ3n) is 3.80. The van der Waals surface area contributed by atoms with Gasteiger partial charge in [-0.2, -0.15) is 0 Å². The molecule has 4 nitrogen and oxygen atoms in total. The van der Waals surface area contributed by atoms with Crippen LogP contribution in [0.25, 0.3) is 0 Å². The number of likely N-dealkylation sites (N-methyl/N-ethyl adjacent to an activating group) is 1. The predicted molar refractivity (Wildman–Crippen MR) is 90.7 cm³/mol. The Morgan fingerprint density at radius 2 is 1.36 bits per heavy atom. The molecule has 0 N–H and O–H groups in total. The first-order valence-electron chi connectivity index (χ1n) is 9.01. The van der Waals surface area contributed by atoms with Crippen LogP contribution in [0.15, 0.2) is 0 Å². The number of amides is 1. The highest BCUT2D eigenvalue weighted by Gasteiger charge is 2.13. The molecule has 0 aliphatic rings. The van der Waals surface area contributed by atoms with Gasteiger partial charge in [-0.15, -0.1) is 0 Å². The Morgan fingerprint density at radius 3 is 2.00 bits per heavy atom. The molecule has 0 aromatic carbocycles. The summed E-state index contributed by atoms with van der Waals surface area (Å²) in [5, 5.41) is 0. The topological polar surface area (TPSA) is 46.6 Å². The summed E-state index contributed by atoms with van der Waals surface area (Å²) in [7, 11) is 1.67. The van der Waals surface area contributed by atoms with Gasteiger partial charge in [0.05, 0.1) is 6.61 Å². The number of hydrogen-bond acceptors (Lipinski definition) is 3. The maximum absolute atomic E-state index is 11.8. The van der Waals surface area contributed by atoms with Gasteiger partial charge in [-0.25, -0.2) is 0 Å². The van der Waals surface area contributed by atoms with E-state index in [0.717, 1.165) is 32.1 Å². The van der Waals surface area contributed by atoms with Gasteiger partial charge < -0.3 is 9.64 Å². The van der Waals surface area contributed by atoms with E-state index in [1.54, 1.807) is 7.05 Å². The molecular weight excluding hydrogens is 278 g/mol. The lowest BCUT2D eigenvalue weighted by Gasteiger charge is -2.16. The number of hydrogen-bond donors (Lipinski definition) is 0. The van der Waals surface area contributed by atoms with Crippen molar-refractivity contribution in [2.24, 2.45) is 0 Å². The number of unbranched alkanes of at least 4 members (excludes halogenated alkanes) is 8. The number of carbonyl (C=O) groups is 2. The Balaban J connectivity index is 3.53. The zero-order valence-corrected chi connectivity index (χ0v) is 14.9. The van der Waals surface area contributed by atoms with Crippen molar-refractivity contribution >= 4 is 11.9 Å². The summed E-state index contributed by atoms with van der Waals surface area (Å²) >= 11 is 0. The largest absolute Gasteiger partial charge is 0.464 e. The zero-order valence-electron chi connectivity index (χ0n) is 14.9. The molecule has 0 bridgehead atoms. The highest BCUT2D eigenvalue weighted by Crippen LogP contribution is 2.07. The number of rotatable bonds is 14. The van der Waals surface area contributed by atoms with Crippen molar-refractivity contribution in [1.82, 2.24) is 4.90 Å². The molecule has 1 amide bonds. The van der Waals surface area contributed by atoms with E-state index in [0.29, 0.717) is 13.0 Å². The minimum absolute atomic E-state index is 0.0290. The van der Waals surface area contributed by atoms with Gasteiger partial charge in [-0.05, 0) is 12.8 Å². The number of esters is 1. The van der Waals surface area contributed by atoms with E-state index in [4.69, 9.17) is 4.74 Å². The van der Waals surface area contributed by atoms with Crippen LogP contribution in [-0.2, 0) is 14.3 Å². The molecule has 0 rings (SSSR count). The summed E-state index contributed by atoms with van der Waals surface area (Å²) < 4.78 is 5.18. The smallest absolute Gasteiger partial charge is 0.325 e. The van der Waals surface area contributed by atoms with Crippen LogP contribution in [0.1, 0.15) is 84.5 Å². The van der Waals surface area contributed by atoms with Gasteiger partial charge in [0, 0.05) is 13.5 Å². The Kier molecular flexibility index (Phi) is 14.1. The van der Waals surface area contributed by atoms with Gasteiger partial charge in [-0.3, -0.25) is 9.59 Å². The number of ether oxygens (including phenoxy) is 1. The lowest BCUT2D eigenvalue weighted by molar-refractivity contribution is -0.148. The fourth-order valence-corrected chi connectivity index (χ4v) is 2.29. The van der Waals surface area contributed by atoms with Crippen LogP contribution < -0.4 is 0 Å². The van der Waals surface area contributed by atoms with E-state index < -0.39 is 0 Å². The van der Waals surface area contributed by atoms with Crippen molar-refractivity contribution in [3.8, 4) is 0 Å².